The summed E-state index contributed by atoms with van der Waals surface area (Å²) in [5.41, 5.74) is -1.85. The summed E-state index contributed by atoms with van der Waals surface area (Å²) in [5.74, 6) is 0. The highest BCUT2D eigenvalue weighted by molar-refractivity contribution is 7.91. The third kappa shape index (κ3) is 2.91. The Kier molecular flexibility index (Phi) is 4.33. The van der Waals surface area contributed by atoms with Crippen LogP contribution in [0, 0.1) is 0 Å². The van der Waals surface area contributed by atoms with E-state index in [2.05, 4.69) is 4.98 Å². The Labute approximate surface area is 183 Å². The Balaban J connectivity index is 1.79. The first-order chi connectivity index (χ1) is 14.8. The lowest BCUT2D eigenvalue weighted by molar-refractivity contribution is 0.162. The molecular weight excluding hydrogens is 462 g/mol. The largest absolute Gasteiger partial charge is 0.421 e. The van der Waals surface area contributed by atoms with Crippen LogP contribution in [0.5, 0.6) is 0 Å². The Morgan fingerprint density at radius 3 is 2.61 bits per heavy atom. The first-order valence-electron chi connectivity index (χ1n) is 8.86. The minimum absolute atomic E-state index is 0.0193. The van der Waals surface area contributed by atoms with Gasteiger partial charge in [0.25, 0.3) is 5.56 Å². The van der Waals surface area contributed by atoms with Gasteiger partial charge in [0.1, 0.15) is 0 Å². The third-order valence-corrected chi connectivity index (χ3v) is 7.93. The molecule has 5 rings (SSSR count). The first kappa shape index (κ1) is 19.6. The second-order valence-corrected chi connectivity index (χ2v) is 9.96. The van der Waals surface area contributed by atoms with Crippen molar-refractivity contribution < 1.29 is 13.6 Å². The van der Waals surface area contributed by atoms with Crippen molar-refractivity contribution in [2.24, 2.45) is 0 Å². The van der Waals surface area contributed by atoms with E-state index in [0.717, 1.165) is 10.4 Å². The summed E-state index contributed by atoms with van der Waals surface area (Å²) in [6.07, 6.45) is 1.85. The van der Waals surface area contributed by atoms with Gasteiger partial charge in [-0.15, -0.1) is 11.3 Å². The van der Waals surface area contributed by atoms with E-state index in [1.54, 1.807) is 6.07 Å². The number of hydrogen-bond acceptors (Lipinski definition) is 6. The van der Waals surface area contributed by atoms with Gasteiger partial charge < -0.3 is 14.8 Å². The summed E-state index contributed by atoms with van der Waals surface area (Å²) >= 11 is 7.56. The van der Waals surface area contributed by atoms with Crippen LogP contribution in [0.2, 0.25) is 5.02 Å². The molecular formula is C20H12ClN3O5S2. The molecule has 0 saturated carbocycles. The van der Waals surface area contributed by atoms with Gasteiger partial charge >= 0.3 is 5.69 Å². The molecule has 0 amide bonds. The number of hydrogen-bond donors (Lipinski definition) is 2. The van der Waals surface area contributed by atoms with Crippen molar-refractivity contribution in [1.29, 1.82) is 0 Å². The van der Waals surface area contributed by atoms with Gasteiger partial charge in [-0.25, -0.2) is 13.2 Å². The molecule has 3 aromatic heterocycles. The van der Waals surface area contributed by atoms with Gasteiger partial charge in [-0.1, -0.05) is 22.4 Å². The number of rotatable bonds is 3. The fourth-order valence-electron chi connectivity index (χ4n) is 3.47. The maximum atomic E-state index is 13.5. The highest BCUT2D eigenvalue weighted by Gasteiger charge is 2.25. The Hall–Kier alpha value is -3.34. The number of nitrogens with one attached hydrogen (secondary N) is 1. The summed E-state index contributed by atoms with van der Waals surface area (Å²) in [6.45, 7) is 0. The molecule has 11 heteroatoms. The van der Waals surface area contributed by atoms with Gasteiger partial charge in [0, 0.05) is 11.6 Å². The van der Waals surface area contributed by atoms with Crippen LogP contribution < -0.4 is 11.2 Å². The molecule has 0 saturated heterocycles. The Morgan fingerprint density at radius 2 is 1.87 bits per heavy atom. The highest BCUT2D eigenvalue weighted by Crippen LogP contribution is 2.32. The minimum atomic E-state index is -4.15. The predicted molar refractivity (Wildman–Crippen MR) is 118 cm³/mol. The molecule has 0 bridgehead atoms. The molecule has 0 unspecified atom stereocenters. The SMILES string of the molecule is O=c1[nH]c2c(S(=O)(=O)c3ccc4ccn(-c5cccs5)c4c3)ccc(Cl)c2c(=O)n1O. The molecule has 0 aliphatic rings. The van der Waals surface area contributed by atoms with Crippen LogP contribution in [0.3, 0.4) is 0 Å². The summed E-state index contributed by atoms with van der Waals surface area (Å²) in [6, 6.07) is 12.8. The van der Waals surface area contributed by atoms with Gasteiger partial charge in [0.15, 0.2) is 0 Å². The average molecular weight is 474 g/mol. The zero-order valence-corrected chi connectivity index (χ0v) is 17.8. The van der Waals surface area contributed by atoms with Crippen molar-refractivity contribution in [2.75, 3.05) is 0 Å². The fourth-order valence-corrected chi connectivity index (χ4v) is 5.88. The Morgan fingerprint density at radius 1 is 1.06 bits per heavy atom. The Bertz CT molecular complexity index is 1710. The molecule has 0 fully saturated rings. The first-order valence-corrected chi connectivity index (χ1v) is 11.6. The van der Waals surface area contributed by atoms with Crippen molar-refractivity contribution in [3.63, 3.8) is 0 Å². The smallest absolute Gasteiger partial charge is 0.362 e. The highest BCUT2D eigenvalue weighted by atomic mass is 35.5. The van der Waals surface area contributed by atoms with Crippen molar-refractivity contribution in [1.82, 2.24) is 14.3 Å². The second-order valence-electron chi connectivity index (χ2n) is 6.70. The summed E-state index contributed by atoms with van der Waals surface area (Å²) in [7, 11) is -4.15. The minimum Gasteiger partial charge on any atom is -0.421 e. The fraction of sp³-hybridized carbons (Fsp3) is 0. The van der Waals surface area contributed by atoms with Crippen molar-refractivity contribution >= 4 is 54.6 Å². The van der Waals surface area contributed by atoms with E-state index in [-0.39, 0.29) is 30.4 Å². The van der Waals surface area contributed by atoms with E-state index in [0.29, 0.717) is 5.52 Å². The number of nitrogens with zero attached hydrogens (tertiary/aromatic N) is 2. The predicted octanol–water partition coefficient (Wildman–Crippen LogP) is 3.42. The van der Waals surface area contributed by atoms with Gasteiger partial charge in [0.05, 0.1) is 36.2 Å². The summed E-state index contributed by atoms with van der Waals surface area (Å²) in [4.78, 5) is 26.2. The quantitative estimate of drug-likeness (QED) is 0.390. The number of benzene rings is 2. The number of aromatic nitrogens is 3. The molecule has 2 aromatic carbocycles. The molecule has 0 aliphatic heterocycles. The normalized spacial score (nSPS) is 12.0. The maximum Gasteiger partial charge on any atom is 0.362 e. The molecule has 156 valence electrons. The molecule has 2 N–H and O–H groups in total. The van der Waals surface area contributed by atoms with Crippen molar-refractivity contribution in [3.05, 3.63) is 86.0 Å². The summed E-state index contributed by atoms with van der Waals surface area (Å²) < 4.78 is 28.7. The molecule has 0 radical (unpaired) electrons. The molecule has 0 atom stereocenters. The molecule has 5 aromatic rings. The van der Waals surface area contributed by atoms with E-state index in [1.807, 2.05) is 34.3 Å². The topological polar surface area (TPSA) is 114 Å². The molecule has 0 spiro atoms. The van der Waals surface area contributed by atoms with E-state index in [9.17, 15) is 23.2 Å². The van der Waals surface area contributed by atoms with E-state index in [4.69, 9.17) is 11.6 Å². The van der Waals surface area contributed by atoms with Crippen LogP contribution in [0.15, 0.2) is 79.5 Å². The number of fused-ring (bicyclic) bond motifs is 2. The van der Waals surface area contributed by atoms with Crippen LogP contribution in [-0.2, 0) is 9.84 Å². The number of halogens is 1. The van der Waals surface area contributed by atoms with Crippen LogP contribution in [0.1, 0.15) is 0 Å². The van der Waals surface area contributed by atoms with Gasteiger partial charge in [-0.3, -0.25) is 4.79 Å². The second kappa shape index (κ2) is 6.84. The van der Waals surface area contributed by atoms with E-state index < -0.39 is 21.1 Å². The van der Waals surface area contributed by atoms with Crippen LogP contribution in [-0.4, -0.2) is 27.9 Å². The monoisotopic (exact) mass is 473 g/mol. The average Bonchev–Trinajstić information content (AvgIpc) is 3.40. The molecule has 0 aliphatic carbocycles. The van der Waals surface area contributed by atoms with Crippen LogP contribution >= 0.6 is 22.9 Å². The van der Waals surface area contributed by atoms with Gasteiger partial charge in [-0.2, -0.15) is 0 Å². The van der Waals surface area contributed by atoms with E-state index >= 15 is 0 Å². The third-order valence-electron chi connectivity index (χ3n) is 4.95. The standard InChI is InChI=1S/C20H12ClN3O5S2/c21-13-5-6-15(18-17(13)19(25)24(27)20(26)22-18)31(28,29)12-4-3-11-7-8-23(14(11)10-12)16-2-1-9-30-16/h1-10,27H,(H,22,26). The number of thiophene rings is 1. The lowest BCUT2D eigenvalue weighted by atomic mass is 10.2. The lowest BCUT2D eigenvalue weighted by Crippen LogP contribution is -2.33. The van der Waals surface area contributed by atoms with Crippen LogP contribution in [0.25, 0.3) is 26.8 Å². The maximum absolute atomic E-state index is 13.5. The van der Waals surface area contributed by atoms with Gasteiger partial charge in [-0.05, 0) is 47.8 Å². The molecule has 8 nitrogen and oxygen atoms in total. The van der Waals surface area contributed by atoms with Crippen molar-refractivity contribution in [3.8, 4) is 5.00 Å². The zero-order chi connectivity index (χ0) is 21.9. The lowest BCUT2D eigenvalue weighted by Gasteiger charge is -2.10. The molecule has 3 heterocycles. The number of aromatic amines is 1. The van der Waals surface area contributed by atoms with Gasteiger partial charge in [0.2, 0.25) is 9.84 Å². The van der Waals surface area contributed by atoms with Crippen molar-refractivity contribution in [2.45, 2.75) is 9.79 Å². The van der Waals surface area contributed by atoms with Crippen LogP contribution in [0.4, 0.5) is 0 Å². The molecule has 31 heavy (non-hydrogen) atoms. The summed E-state index contributed by atoms with van der Waals surface area (Å²) in [5, 5.41) is 12.9. The number of sulfone groups is 1. The number of H-pyrrole nitrogens is 1. The zero-order valence-electron chi connectivity index (χ0n) is 15.4. The van der Waals surface area contributed by atoms with E-state index in [1.165, 1.54) is 35.6 Å².